The molecule has 0 spiro atoms. The van der Waals surface area contributed by atoms with Crippen molar-refractivity contribution in [2.45, 2.75) is 38.5 Å². The summed E-state index contributed by atoms with van der Waals surface area (Å²) < 4.78 is 22.3. The van der Waals surface area contributed by atoms with E-state index in [1.807, 2.05) is 30.3 Å². The van der Waals surface area contributed by atoms with E-state index in [1.54, 1.807) is 14.2 Å². The second-order valence-electron chi connectivity index (χ2n) is 9.73. The molecule has 0 saturated carbocycles. The molecule has 0 fully saturated rings. The lowest BCUT2D eigenvalue weighted by atomic mass is 9.71. The van der Waals surface area contributed by atoms with Crippen LogP contribution in [0.1, 0.15) is 52.5 Å². The van der Waals surface area contributed by atoms with Crippen molar-refractivity contribution in [2.75, 3.05) is 26.3 Å². The Morgan fingerprint density at radius 2 is 1.58 bits per heavy atom. The van der Waals surface area contributed by atoms with Crippen LogP contribution < -0.4 is 24.3 Å². The maximum atomic E-state index is 13.9. The van der Waals surface area contributed by atoms with E-state index in [-0.39, 0.29) is 24.4 Å². The van der Waals surface area contributed by atoms with Crippen LogP contribution in [0.2, 0.25) is 0 Å². The summed E-state index contributed by atoms with van der Waals surface area (Å²) in [6.07, 6.45) is 1.17. The second kappa shape index (κ2) is 8.63. The molecule has 2 atom stereocenters. The molecule has 3 aromatic rings. The Bertz CT molecular complexity index is 1420. The number of rotatable bonds is 4. The van der Waals surface area contributed by atoms with E-state index < -0.39 is 0 Å². The van der Waals surface area contributed by atoms with Crippen LogP contribution in [0.25, 0.3) is 0 Å². The van der Waals surface area contributed by atoms with Gasteiger partial charge in [-0.25, -0.2) is 0 Å². The van der Waals surface area contributed by atoms with Crippen molar-refractivity contribution in [3.8, 4) is 23.0 Å². The molecule has 0 saturated heterocycles. The van der Waals surface area contributed by atoms with Gasteiger partial charge in [0.25, 0.3) is 0 Å². The molecule has 184 valence electrons. The molecule has 6 heteroatoms. The number of methoxy groups -OCH3 is 2. The zero-order chi connectivity index (χ0) is 25.0. The Kier molecular flexibility index (Phi) is 5.40. The molecule has 6 nitrogen and oxygen atoms in total. The van der Waals surface area contributed by atoms with Gasteiger partial charge in [-0.05, 0) is 72.2 Å². The molecule has 36 heavy (non-hydrogen) atoms. The SMILES string of the molecule is COc1ccc([C@H]2CC(=O)C3=C(C2)Nc2cc4c(cc2[C@@H]3c2ccc(C)c(C)c2)OCO4)cc1OC. The summed E-state index contributed by atoms with van der Waals surface area (Å²) >= 11 is 0. The summed E-state index contributed by atoms with van der Waals surface area (Å²) in [6.45, 7) is 4.43. The van der Waals surface area contributed by atoms with Crippen LogP contribution in [0.5, 0.6) is 23.0 Å². The summed E-state index contributed by atoms with van der Waals surface area (Å²) in [5.41, 5.74) is 8.44. The standard InChI is InChI=1S/C30H29NO5/c1-16-5-6-19(9-17(16)2)29-21-13-27-28(36-15-35-27)14-22(21)31-23-10-20(11-24(32)30(23)29)18-7-8-25(33-3)26(12-18)34-4/h5-9,12-14,20,29,31H,10-11,15H2,1-4H3/t20-,29+/m1/s1. The first-order valence-electron chi connectivity index (χ1n) is 12.2. The first-order chi connectivity index (χ1) is 17.5. The molecule has 6 rings (SSSR count). The molecule has 0 aromatic heterocycles. The molecule has 2 aliphatic heterocycles. The van der Waals surface area contributed by atoms with Crippen molar-refractivity contribution in [1.82, 2.24) is 0 Å². The van der Waals surface area contributed by atoms with Gasteiger partial charge < -0.3 is 24.3 Å². The van der Waals surface area contributed by atoms with Crippen molar-refractivity contribution in [2.24, 2.45) is 0 Å². The third kappa shape index (κ3) is 3.60. The molecular weight excluding hydrogens is 454 g/mol. The van der Waals surface area contributed by atoms with Gasteiger partial charge in [0.2, 0.25) is 6.79 Å². The smallest absolute Gasteiger partial charge is 0.231 e. The predicted octanol–water partition coefficient (Wildman–Crippen LogP) is 6.01. The summed E-state index contributed by atoms with van der Waals surface area (Å²) in [5, 5.41) is 3.60. The highest BCUT2D eigenvalue weighted by atomic mass is 16.7. The fraction of sp³-hybridized carbons (Fsp3) is 0.300. The fourth-order valence-corrected chi connectivity index (χ4v) is 5.64. The highest BCUT2D eigenvalue weighted by Crippen LogP contribution is 2.51. The third-order valence-electron chi connectivity index (χ3n) is 7.68. The molecule has 0 bridgehead atoms. The number of benzene rings is 3. The number of ether oxygens (including phenoxy) is 4. The van der Waals surface area contributed by atoms with Crippen LogP contribution in [0, 0.1) is 13.8 Å². The van der Waals surface area contributed by atoms with Gasteiger partial charge in [-0.3, -0.25) is 4.79 Å². The van der Waals surface area contributed by atoms with E-state index in [1.165, 1.54) is 11.1 Å². The van der Waals surface area contributed by atoms with E-state index in [0.29, 0.717) is 17.9 Å². The monoisotopic (exact) mass is 483 g/mol. The highest BCUT2D eigenvalue weighted by Gasteiger charge is 2.39. The lowest BCUT2D eigenvalue weighted by molar-refractivity contribution is -0.116. The zero-order valence-corrected chi connectivity index (χ0v) is 20.9. The maximum Gasteiger partial charge on any atom is 0.231 e. The van der Waals surface area contributed by atoms with Crippen LogP contribution >= 0.6 is 0 Å². The van der Waals surface area contributed by atoms with Crippen LogP contribution in [0.3, 0.4) is 0 Å². The normalized spacial score (nSPS) is 19.9. The van der Waals surface area contributed by atoms with Crippen molar-refractivity contribution >= 4 is 11.5 Å². The second-order valence-corrected chi connectivity index (χ2v) is 9.73. The summed E-state index contributed by atoms with van der Waals surface area (Å²) in [6, 6.07) is 16.4. The number of carbonyl (C=O) groups excluding carboxylic acids is 1. The molecule has 0 radical (unpaired) electrons. The van der Waals surface area contributed by atoms with E-state index in [4.69, 9.17) is 18.9 Å². The molecule has 3 aromatic carbocycles. The largest absolute Gasteiger partial charge is 0.493 e. The van der Waals surface area contributed by atoms with Gasteiger partial charge in [0.05, 0.1) is 14.2 Å². The van der Waals surface area contributed by atoms with E-state index in [0.717, 1.165) is 51.6 Å². The summed E-state index contributed by atoms with van der Waals surface area (Å²) in [4.78, 5) is 13.9. The number of allylic oxidation sites excluding steroid dienone is 2. The van der Waals surface area contributed by atoms with Gasteiger partial charge >= 0.3 is 0 Å². The van der Waals surface area contributed by atoms with Crippen molar-refractivity contribution in [3.05, 3.63) is 87.6 Å². The minimum absolute atomic E-state index is 0.0412. The van der Waals surface area contributed by atoms with Gasteiger partial charge in [-0.2, -0.15) is 0 Å². The van der Waals surface area contributed by atoms with Gasteiger partial charge in [0.15, 0.2) is 28.8 Å². The average molecular weight is 484 g/mol. The number of aryl methyl sites for hydroxylation is 2. The van der Waals surface area contributed by atoms with Crippen LogP contribution in [0.4, 0.5) is 5.69 Å². The molecule has 1 N–H and O–H groups in total. The van der Waals surface area contributed by atoms with Crippen molar-refractivity contribution in [3.63, 3.8) is 0 Å². The average Bonchev–Trinajstić information content (AvgIpc) is 3.34. The fourth-order valence-electron chi connectivity index (χ4n) is 5.64. The van der Waals surface area contributed by atoms with Crippen LogP contribution in [0.15, 0.2) is 59.8 Å². The van der Waals surface area contributed by atoms with Crippen molar-refractivity contribution < 1.29 is 23.7 Å². The molecule has 0 unspecified atom stereocenters. The summed E-state index contributed by atoms with van der Waals surface area (Å²) in [7, 11) is 3.26. The first-order valence-corrected chi connectivity index (χ1v) is 12.2. The number of ketones is 1. The lowest BCUT2D eigenvalue weighted by Crippen LogP contribution is -2.29. The zero-order valence-electron chi connectivity index (χ0n) is 20.9. The number of anilines is 1. The first kappa shape index (κ1) is 22.5. The van der Waals surface area contributed by atoms with Crippen molar-refractivity contribution in [1.29, 1.82) is 0 Å². The Hall–Kier alpha value is -3.93. The minimum atomic E-state index is -0.163. The number of carbonyl (C=O) groups is 1. The number of nitrogens with one attached hydrogen (secondary N) is 1. The van der Waals surface area contributed by atoms with Gasteiger partial charge in [0, 0.05) is 35.4 Å². The Morgan fingerprint density at radius 1 is 0.833 bits per heavy atom. The number of hydrogen-bond donors (Lipinski definition) is 1. The number of fused-ring (bicyclic) bond motifs is 2. The van der Waals surface area contributed by atoms with E-state index >= 15 is 0 Å². The van der Waals surface area contributed by atoms with E-state index in [2.05, 4.69) is 37.4 Å². The van der Waals surface area contributed by atoms with E-state index in [9.17, 15) is 4.79 Å². The molecule has 2 heterocycles. The Balaban J connectivity index is 1.46. The van der Waals surface area contributed by atoms with Gasteiger partial charge in [-0.15, -0.1) is 0 Å². The minimum Gasteiger partial charge on any atom is -0.493 e. The van der Waals surface area contributed by atoms with Crippen LogP contribution in [-0.4, -0.2) is 26.8 Å². The summed E-state index contributed by atoms with van der Waals surface area (Å²) in [5.74, 6) is 2.84. The predicted molar refractivity (Wildman–Crippen MR) is 138 cm³/mol. The molecular formula is C30H29NO5. The Morgan fingerprint density at radius 3 is 2.33 bits per heavy atom. The third-order valence-corrected chi connectivity index (χ3v) is 7.68. The molecule has 1 aliphatic carbocycles. The quantitative estimate of drug-likeness (QED) is 0.490. The van der Waals surface area contributed by atoms with Gasteiger partial charge in [-0.1, -0.05) is 24.3 Å². The van der Waals surface area contributed by atoms with Crippen LogP contribution in [-0.2, 0) is 4.79 Å². The van der Waals surface area contributed by atoms with Gasteiger partial charge in [0.1, 0.15) is 0 Å². The Labute approximate surface area is 210 Å². The number of Topliss-reactive ketones (excluding diaryl/α,β-unsaturated/α-hetero) is 1. The molecule has 0 amide bonds. The topological polar surface area (TPSA) is 66.0 Å². The number of hydrogen-bond acceptors (Lipinski definition) is 6. The maximum absolute atomic E-state index is 13.9. The lowest BCUT2D eigenvalue weighted by Gasteiger charge is -2.37. The molecule has 3 aliphatic rings. The highest BCUT2D eigenvalue weighted by molar-refractivity contribution is 6.02.